The van der Waals surface area contributed by atoms with Crippen molar-refractivity contribution in [2.24, 2.45) is 5.92 Å². The highest BCUT2D eigenvalue weighted by Crippen LogP contribution is 2.30. The van der Waals surface area contributed by atoms with E-state index in [-0.39, 0.29) is 18.0 Å². The predicted octanol–water partition coefficient (Wildman–Crippen LogP) is 3.89. The summed E-state index contributed by atoms with van der Waals surface area (Å²) in [6.45, 7) is 5.20. The Hall–Kier alpha value is -2.25. The summed E-state index contributed by atoms with van der Waals surface area (Å²) < 4.78 is 37.9. The second-order valence-corrected chi connectivity index (χ2v) is 7.31. The van der Waals surface area contributed by atoms with Crippen LogP contribution in [-0.4, -0.2) is 43.0 Å². The second-order valence-electron chi connectivity index (χ2n) is 7.31. The Morgan fingerprint density at radius 3 is 2.22 bits per heavy atom. The van der Waals surface area contributed by atoms with E-state index >= 15 is 0 Å². The number of likely N-dealkylation sites (tertiary alicyclic amines) is 1. The van der Waals surface area contributed by atoms with Crippen LogP contribution in [0.1, 0.15) is 38.7 Å². The first kappa shape index (κ1) is 21.1. The van der Waals surface area contributed by atoms with E-state index in [4.69, 9.17) is 0 Å². The van der Waals surface area contributed by atoms with Gasteiger partial charge in [0, 0.05) is 38.3 Å². The zero-order valence-corrected chi connectivity index (χ0v) is 15.8. The van der Waals surface area contributed by atoms with Crippen LogP contribution in [-0.2, 0) is 11.0 Å². The first-order valence-electron chi connectivity index (χ1n) is 9.07. The van der Waals surface area contributed by atoms with Crippen molar-refractivity contribution in [2.45, 2.75) is 45.3 Å². The van der Waals surface area contributed by atoms with Crippen molar-refractivity contribution in [2.75, 3.05) is 25.0 Å². The number of benzene rings is 1. The molecule has 0 aliphatic carbocycles. The molecular weight excluding hydrogens is 359 g/mol. The molecule has 150 valence electrons. The summed E-state index contributed by atoms with van der Waals surface area (Å²) in [7, 11) is 1.51. The molecule has 0 saturated carbocycles. The van der Waals surface area contributed by atoms with Gasteiger partial charge in [-0.05, 0) is 43.0 Å². The number of alkyl halides is 3. The number of halogens is 3. The Labute approximate surface area is 157 Å². The van der Waals surface area contributed by atoms with Gasteiger partial charge in [-0.3, -0.25) is 9.69 Å². The maximum atomic E-state index is 12.6. The van der Waals surface area contributed by atoms with Crippen LogP contribution >= 0.6 is 0 Å². The summed E-state index contributed by atoms with van der Waals surface area (Å²) in [4.78, 5) is 27.6. The molecule has 1 aromatic carbocycles. The SMILES string of the molecule is CC(C)CC(=O)N1CCC(NC(=O)N(C)c2ccc(C(F)(F)F)cc2)CC1. The van der Waals surface area contributed by atoms with Crippen molar-refractivity contribution >= 4 is 17.6 Å². The molecule has 1 aliphatic rings. The van der Waals surface area contributed by atoms with E-state index in [0.29, 0.717) is 44.0 Å². The third kappa shape index (κ3) is 5.87. The molecule has 27 heavy (non-hydrogen) atoms. The van der Waals surface area contributed by atoms with Crippen molar-refractivity contribution in [3.05, 3.63) is 29.8 Å². The molecule has 2 rings (SSSR count). The molecule has 1 aliphatic heterocycles. The van der Waals surface area contributed by atoms with Crippen LogP contribution in [0.3, 0.4) is 0 Å². The lowest BCUT2D eigenvalue weighted by atomic mass is 10.0. The minimum absolute atomic E-state index is 0.0579. The Balaban J connectivity index is 1.86. The molecule has 8 heteroatoms. The van der Waals surface area contributed by atoms with Crippen molar-refractivity contribution in [3.63, 3.8) is 0 Å². The lowest BCUT2D eigenvalue weighted by Crippen LogP contribution is -2.49. The van der Waals surface area contributed by atoms with Crippen molar-refractivity contribution < 1.29 is 22.8 Å². The first-order chi connectivity index (χ1) is 12.6. The number of amides is 3. The number of nitrogens with one attached hydrogen (secondary N) is 1. The van der Waals surface area contributed by atoms with E-state index in [1.165, 1.54) is 24.1 Å². The van der Waals surface area contributed by atoms with E-state index in [1.54, 1.807) is 0 Å². The van der Waals surface area contributed by atoms with Crippen molar-refractivity contribution in [1.82, 2.24) is 10.2 Å². The van der Waals surface area contributed by atoms with Gasteiger partial charge in [0.05, 0.1) is 5.56 Å². The number of nitrogens with zero attached hydrogens (tertiary/aromatic N) is 2. The lowest BCUT2D eigenvalue weighted by molar-refractivity contribution is -0.137. The van der Waals surface area contributed by atoms with Gasteiger partial charge in [0.1, 0.15) is 0 Å². The molecule has 1 N–H and O–H groups in total. The van der Waals surface area contributed by atoms with Gasteiger partial charge in [-0.2, -0.15) is 13.2 Å². The Morgan fingerprint density at radius 2 is 1.74 bits per heavy atom. The number of urea groups is 1. The van der Waals surface area contributed by atoms with Gasteiger partial charge >= 0.3 is 12.2 Å². The zero-order valence-electron chi connectivity index (χ0n) is 15.8. The van der Waals surface area contributed by atoms with Crippen molar-refractivity contribution in [1.29, 1.82) is 0 Å². The van der Waals surface area contributed by atoms with E-state index in [0.717, 1.165) is 12.1 Å². The van der Waals surface area contributed by atoms with Crippen molar-refractivity contribution in [3.8, 4) is 0 Å². The summed E-state index contributed by atoms with van der Waals surface area (Å²) in [5, 5.41) is 2.89. The fraction of sp³-hybridized carbons (Fsp3) is 0.579. The summed E-state index contributed by atoms with van der Waals surface area (Å²) in [5.74, 6) is 0.448. The van der Waals surface area contributed by atoms with Gasteiger partial charge in [-0.25, -0.2) is 4.79 Å². The molecule has 1 heterocycles. The van der Waals surface area contributed by atoms with Crippen LogP contribution in [0, 0.1) is 5.92 Å². The van der Waals surface area contributed by atoms with Gasteiger partial charge in [0.15, 0.2) is 0 Å². The Kier molecular flexibility index (Phi) is 6.73. The van der Waals surface area contributed by atoms with E-state index in [2.05, 4.69) is 5.32 Å². The second kappa shape index (κ2) is 8.63. The maximum absolute atomic E-state index is 12.6. The fourth-order valence-corrected chi connectivity index (χ4v) is 3.01. The smallest absolute Gasteiger partial charge is 0.343 e. The lowest BCUT2D eigenvalue weighted by Gasteiger charge is -2.33. The number of piperidine rings is 1. The quantitative estimate of drug-likeness (QED) is 0.855. The molecule has 0 unspecified atom stereocenters. The average Bonchev–Trinajstić information content (AvgIpc) is 2.60. The summed E-state index contributed by atoms with van der Waals surface area (Å²) in [6, 6.07) is 4.03. The van der Waals surface area contributed by atoms with Crippen LogP contribution in [0.25, 0.3) is 0 Å². The van der Waals surface area contributed by atoms with E-state index < -0.39 is 11.7 Å². The van der Waals surface area contributed by atoms with Crippen LogP contribution in [0.5, 0.6) is 0 Å². The standard InChI is InChI=1S/C19H26F3N3O2/c1-13(2)12-17(26)25-10-8-15(9-11-25)23-18(27)24(3)16-6-4-14(5-7-16)19(20,21)22/h4-7,13,15H,8-12H2,1-3H3,(H,23,27). The molecular formula is C19H26F3N3O2. The van der Waals surface area contributed by atoms with Crippen LogP contribution < -0.4 is 10.2 Å². The number of hydrogen-bond acceptors (Lipinski definition) is 2. The van der Waals surface area contributed by atoms with Gasteiger partial charge in [-0.15, -0.1) is 0 Å². The molecule has 0 radical (unpaired) electrons. The summed E-state index contributed by atoms with van der Waals surface area (Å²) in [5.41, 5.74) is -0.372. The third-order valence-corrected chi connectivity index (χ3v) is 4.64. The Morgan fingerprint density at radius 1 is 1.19 bits per heavy atom. The Bertz CT molecular complexity index is 651. The molecule has 5 nitrogen and oxygen atoms in total. The number of anilines is 1. The summed E-state index contributed by atoms with van der Waals surface area (Å²) in [6.07, 6.45) is -2.55. The molecule has 1 saturated heterocycles. The normalized spacial score (nSPS) is 15.7. The monoisotopic (exact) mass is 385 g/mol. The number of carbonyl (C=O) groups is 2. The predicted molar refractivity (Wildman–Crippen MR) is 97.4 cm³/mol. The molecule has 1 fully saturated rings. The van der Waals surface area contributed by atoms with E-state index in [9.17, 15) is 22.8 Å². The minimum atomic E-state index is -4.40. The summed E-state index contributed by atoms with van der Waals surface area (Å²) >= 11 is 0. The van der Waals surface area contributed by atoms with Crippen LogP contribution in [0.4, 0.5) is 23.7 Å². The van der Waals surface area contributed by atoms with Gasteiger partial charge in [-0.1, -0.05) is 13.8 Å². The third-order valence-electron chi connectivity index (χ3n) is 4.64. The minimum Gasteiger partial charge on any atom is -0.343 e. The molecule has 0 atom stereocenters. The number of rotatable bonds is 4. The molecule has 0 aromatic heterocycles. The fourth-order valence-electron chi connectivity index (χ4n) is 3.01. The van der Waals surface area contributed by atoms with Crippen LogP contribution in [0.15, 0.2) is 24.3 Å². The number of hydrogen-bond donors (Lipinski definition) is 1. The topological polar surface area (TPSA) is 52.7 Å². The molecule has 3 amide bonds. The van der Waals surface area contributed by atoms with Gasteiger partial charge in [0.2, 0.25) is 5.91 Å². The zero-order chi connectivity index (χ0) is 20.2. The first-order valence-corrected chi connectivity index (χ1v) is 9.07. The van der Waals surface area contributed by atoms with E-state index in [1.807, 2.05) is 18.7 Å². The molecule has 1 aromatic rings. The largest absolute Gasteiger partial charge is 0.416 e. The maximum Gasteiger partial charge on any atom is 0.416 e. The highest BCUT2D eigenvalue weighted by molar-refractivity contribution is 5.91. The van der Waals surface area contributed by atoms with Crippen LogP contribution in [0.2, 0.25) is 0 Å². The molecule has 0 bridgehead atoms. The highest BCUT2D eigenvalue weighted by Gasteiger charge is 2.30. The van der Waals surface area contributed by atoms with Gasteiger partial charge in [0.25, 0.3) is 0 Å². The van der Waals surface area contributed by atoms with Gasteiger partial charge < -0.3 is 10.2 Å². The highest BCUT2D eigenvalue weighted by atomic mass is 19.4. The average molecular weight is 385 g/mol. The molecule has 0 spiro atoms. The number of carbonyl (C=O) groups excluding carboxylic acids is 2.